The second kappa shape index (κ2) is 7.52. The van der Waals surface area contributed by atoms with Crippen LogP contribution in [0.1, 0.15) is 11.4 Å². The Morgan fingerprint density at radius 3 is 2.59 bits per heavy atom. The first-order valence-corrected chi connectivity index (χ1v) is 10.1. The molecule has 0 spiro atoms. The Morgan fingerprint density at radius 1 is 0.966 bits per heavy atom. The van der Waals surface area contributed by atoms with E-state index < -0.39 is 0 Å². The molecule has 6 heteroatoms. The molecule has 0 amide bonds. The van der Waals surface area contributed by atoms with Crippen LogP contribution in [0.2, 0.25) is 0 Å². The minimum absolute atomic E-state index is 0.649. The topological polar surface area (TPSA) is 52.4 Å². The number of imidazole rings is 1. The summed E-state index contributed by atoms with van der Waals surface area (Å²) in [6, 6.07) is 12.4. The number of aromatic nitrogens is 3. The average molecular weight is 390 g/mol. The predicted octanol–water partition coefficient (Wildman–Crippen LogP) is 3.27. The van der Waals surface area contributed by atoms with Gasteiger partial charge in [-0.05, 0) is 42.2 Å². The van der Waals surface area contributed by atoms with Crippen molar-refractivity contribution < 1.29 is 9.47 Å². The molecule has 1 aromatic carbocycles. The maximum absolute atomic E-state index is 5.43. The van der Waals surface area contributed by atoms with Gasteiger partial charge in [0.15, 0.2) is 0 Å². The van der Waals surface area contributed by atoms with E-state index in [1.165, 1.54) is 17.1 Å². The standard InChI is InChI=1S/C23H26N4O2/c1-28-20-7-5-16(6-8-20)21-11-25-22-10-18-13-26(14-19(18)15-27(21)22)12-17-4-3-9-24-23(17)29-2/h3-9,11,18-19H,10,12-15H2,1-2H3/t18-,19+/m0/s1. The fourth-order valence-electron chi connectivity index (χ4n) is 4.81. The Hall–Kier alpha value is -2.86. The van der Waals surface area contributed by atoms with Gasteiger partial charge in [-0.3, -0.25) is 4.90 Å². The van der Waals surface area contributed by atoms with Gasteiger partial charge >= 0.3 is 0 Å². The zero-order valence-electron chi connectivity index (χ0n) is 16.9. The van der Waals surface area contributed by atoms with Gasteiger partial charge < -0.3 is 14.0 Å². The largest absolute Gasteiger partial charge is 0.497 e. The lowest BCUT2D eigenvalue weighted by Gasteiger charge is -2.27. The van der Waals surface area contributed by atoms with E-state index in [0.717, 1.165) is 49.8 Å². The molecule has 0 bridgehead atoms. The van der Waals surface area contributed by atoms with Crippen LogP contribution in [-0.4, -0.2) is 46.7 Å². The SMILES string of the molecule is COc1ccc(-c2cnc3n2C[C@H]2CN(Cc4cccnc4OC)C[C@@H]2C3)cc1. The Balaban J connectivity index is 1.33. The summed E-state index contributed by atoms with van der Waals surface area (Å²) in [5, 5.41) is 0. The average Bonchev–Trinajstić information content (AvgIpc) is 3.35. The smallest absolute Gasteiger partial charge is 0.217 e. The number of pyridine rings is 1. The minimum atomic E-state index is 0.649. The van der Waals surface area contributed by atoms with Crippen LogP contribution in [0.25, 0.3) is 11.3 Å². The number of ether oxygens (including phenoxy) is 2. The number of hydrogen-bond donors (Lipinski definition) is 0. The van der Waals surface area contributed by atoms with Crippen LogP contribution in [0.3, 0.4) is 0 Å². The Labute approximate surface area is 171 Å². The quantitative estimate of drug-likeness (QED) is 0.669. The monoisotopic (exact) mass is 390 g/mol. The Morgan fingerprint density at radius 2 is 1.79 bits per heavy atom. The number of fused-ring (bicyclic) bond motifs is 2. The summed E-state index contributed by atoms with van der Waals surface area (Å²) in [5.74, 6) is 4.13. The Bertz CT molecular complexity index is 998. The molecule has 2 aromatic heterocycles. The normalized spacial score (nSPS) is 20.9. The summed E-state index contributed by atoms with van der Waals surface area (Å²) >= 11 is 0. The summed E-state index contributed by atoms with van der Waals surface area (Å²) in [4.78, 5) is 11.6. The van der Waals surface area contributed by atoms with Gasteiger partial charge in [0.25, 0.3) is 0 Å². The van der Waals surface area contributed by atoms with Crippen molar-refractivity contribution in [2.45, 2.75) is 19.5 Å². The van der Waals surface area contributed by atoms with Crippen molar-refractivity contribution in [3.8, 4) is 22.9 Å². The fourth-order valence-corrected chi connectivity index (χ4v) is 4.81. The first-order valence-electron chi connectivity index (χ1n) is 10.1. The van der Waals surface area contributed by atoms with Gasteiger partial charge in [0.05, 0.1) is 26.1 Å². The molecule has 5 rings (SSSR count). The number of rotatable bonds is 5. The summed E-state index contributed by atoms with van der Waals surface area (Å²) < 4.78 is 13.1. The second-order valence-corrected chi connectivity index (χ2v) is 7.99. The van der Waals surface area contributed by atoms with Crippen molar-refractivity contribution in [3.63, 3.8) is 0 Å². The third-order valence-corrected chi connectivity index (χ3v) is 6.28. The van der Waals surface area contributed by atoms with Gasteiger partial charge in [0, 0.05) is 49.9 Å². The van der Waals surface area contributed by atoms with Crippen LogP contribution in [-0.2, 0) is 19.5 Å². The van der Waals surface area contributed by atoms with Crippen LogP contribution in [0.15, 0.2) is 48.8 Å². The van der Waals surface area contributed by atoms with E-state index >= 15 is 0 Å². The van der Waals surface area contributed by atoms with Crippen LogP contribution in [0, 0.1) is 11.8 Å². The van der Waals surface area contributed by atoms with E-state index in [9.17, 15) is 0 Å². The molecular weight excluding hydrogens is 364 g/mol. The third kappa shape index (κ3) is 3.38. The van der Waals surface area contributed by atoms with Crippen molar-refractivity contribution in [1.29, 1.82) is 0 Å². The molecular formula is C23H26N4O2. The molecule has 1 fully saturated rings. The van der Waals surface area contributed by atoms with Crippen molar-refractivity contribution in [1.82, 2.24) is 19.4 Å². The molecule has 0 saturated carbocycles. The molecule has 0 N–H and O–H groups in total. The number of hydrogen-bond acceptors (Lipinski definition) is 5. The molecule has 0 aliphatic carbocycles. The number of nitrogens with zero attached hydrogens (tertiary/aromatic N) is 4. The van der Waals surface area contributed by atoms with Crippen molar-refractivity contribution in [2.75, 3.05) is 27.3 Å². The highest BCUT2D eigenvalue weighted by atomic mass is 16.5. The summed E-state index contributed by atoms with van der Waals surface area (Å²) in [5.41, 5.74) is 3.55. The molecule has 2 aliphatic heterocycles. The van der Waals surface area contributed by atoms with Crippen LogP contribution in [0.5, 0.6) is 11.6 Å². The van der Waals surface area contributed by atoms with Gasteiger partial charge in [-0.2, -0.15) is 0 Å². The first-order chi connectivity index (χ1) is 14.2. The lowest BCUT2D eigenvalue weighted by atomic mass is 9.89. The third-order valence-electron chi connectivity index (χ3n) is 6.28. The molecule has 150 valence electrons. The van der Waals surface area contributed by atoms with E-state index in [0.29, 0.717) is 11.8 Å². The molecule has 0 radical (unpaired) electrons. The highest BCUT2D eigenvalue weighted by Crippen LogP contribution is 2.36. The maximum Gasteiger partial charge on any atom is 0.217 e. The first kappa shape index (κ1) is 18.2. The Kier molecular flexibility index (Phi) is 4.72. The highest BCUT2D eigenvalue weighted by molar-refractivity contribution is 5.60. The van der Waals surface area contributed by atoms with E-state index in [-0.39, 0.29) is 0 Å². The summed E-state index contributed by atoms with van der Waals surface area (Å²) in [6.45, 7) is 4.12. The number of methoxy groups -OCH3 is 2. The zero-order chi connectivity index (χ0) is 19.8. The van der Waals surface area contributed by atoms with Crippen LogP contribution in [0.4, 0.5) is 0 Å². The molecule has 2 atom stereocenters. The molecule has 0 unspecified atom stereocenters. The van der Waals surface area contributed by atoms with Crippen molar-refractivity contribution in [2.24, 2.45) is 11.8 Å². The summed E-state index contributed by atoms with van der Waals surface area (Å²) in [6.07, 6.45) is 4.85. The fraction of sp³-hybridized carbons (Fsp3) is 0.391. The van der Waals surface area contributed by atoms with Gasteiger partial charge in [-0.25, -0.2) is 9.97 Å². The zero-order valence-corrected chi connectivity index (χ0v) is 16.9. The van der Waals surface area contributed by atoms with Crippen LogP contribution >= 0.6 is 0 Å². The molecule has 4 heterocycles. The van der Waals surface area contributed by atoms with E-state index in [1.807, 2.05) is 24.4 Å². The van der Waals surface area contributed by atoms with E-state index in [4.69, 9.17) is 14.5 Å². The van der Waals surface area contributed by atoms with E-state index in [2.05, 4.69) is 32.7 Å². The number of likely N-dealkylation sites (tertiary alicyclic amines) is 1. The van der Waals surface area contributed by atoms with Crippen molar-refractivity contribution >= 4 is 0 Å². The van der Waals surface area contributed by atoms with Crippen molar-refractivity contribution in [3.05, 3.63) is 60.2 Å². The molecule has 1 saturated heterocycles. The lowest BCUT2D eigenvalue weighted by Crippen LogP contribution is -2.28. The number of benzene rings is 1. The van der Waals surface area contributed by atoms with Crippen LogP contribution < -0.4 is 9.47 Å². The van der Waals surface area contributed by atoms with Gasteiger partial charge in [-0.15, -0.1) is 0 Å². The molecule has 29 heavy (non-hydrogen) atoms. The highest BCUT2D eigenvalue weighted by Gasteiger charge is 2.38. The van der Waals surface area contributed by atoms with Gasteiger partial charge in [0.1, 0.15) is 11.6 Å². The minimum Gasteiger partial charge on any atom is -0.497 e. The molecule has 3 aromatic rings. The lowest BCUT2D eigenvalue weighted by molar-refractivity contribution is 0.299. The second-order valence-electron chi connectivity index (χ2n) is 7.99. The van der Waals surface area contributed by atoms with Gasteiger partial charge in [-0.1, -0.05) is 6.07 Å². The van der Waals surface area contributed by atoms with E-state index in [1.54, 1.807) is 20.4 Å². The maximum atomic E-state index is 5.43. The summed E-state index contributed by atoms with van der Waals surface area (Å²) in [7, 11) is 3.39. The predicted molar refractivity (Wildman–Crippen MR) is 111 cm³/mol. The molecule has 2 aliphatic rings. The molecule has 6 nitrogen and oxygen atoms in total. The van der Waals surface area contributed by atoms with Gasteiger partial charge in [0.2, 0.25) is 5.88 Å².